The minimum Gasteiger partial charge on any atom is -0.491 e. The molecule has 0 saturated carbocycles. The number of ether oxygens (including phenoxy) is 4. The summed E-state index contributed by atoms with van der Waals surface area (Å²) in [5.41, 5.74) is 2.16. The maximum atomic E-state index is 10.3. The van der Waals surface area contributed by atoms with Crippen molar-refractivity contribution in [3.63, 3.8) is 0 Å². The van der Waals surface area contributed by atoms with Gasteiger partial charge in [0.2, 0.25) is 0 Å². The third-order valence-corrected chi connectivity index (χ3v) is 7.73. The second-order valence-corrected chi connectivity index (χ2v) is 11.0. The third-order valence-electron chi connectivity index (χ3n) is 7.73. The van der Waals surface area contributed by atoms with Crippen LogP contribution in [0.25, 0.3) is 0 Å². The van der Waals surface area contributed by atoms with Crippen molar-refractivity contribution in [3.05, 3.63) is 59.7 Å². The van der Waals surface area contributed by atoms with Crippen molar-refractivity contribution in [3.8, 4) is 11.5 Å². The van der Waals surface area contributed by atoms with E-state index < -0.39 is 12.2 Å². The van der Waals surface area contributed by atoms with Crippen LogP contribution in [0.4, 0.5) is 0 Å². The molecule has 2 heterocycles. The molecule has 6 heteroatoms. The van der Waals surface area contributed by atoms with Crippen LogP contribution in [0, 0.1) is 0 Å². The predicted molar refractivity (Wildman–Crippen MR) is 144 cm³/mol. The highest BCUT2D eigenvalue weighted by Crippen LogP contribution is 2.33. The molecule has 0 aromatic heterocycles. The molecule has 2 aromatic rings. The van der Waals surface area contributed by atoms with Crippen molar-refractivity contribution in [1.82, 2.24) is 0 Å². The Hall–Kier alpha value is -2.12. The zero-order valence-electron chi connectivity index (χ0n) is 22.4. The van der Waals surface area contributed by atoms with Crippen LogP contribution in [0.2, 0.25) is 0 Å². The van der Waals surface area contributed by atoms with Gasteiger partial charge in [0.25, 0.3) is 0 Å². The molecule has 2 aromatic carbocycles. The number of benzene rings is 2. The van der Waals surface area contributed by atoms with Gasteiger partial charge in [-0.25, -0.2) is 0 Å². The van der Waals surface area contributed by atoms with Crippen LogP contribution in [0.1, 0.15) is 76.3 Å². The largest absolute Gasteiger partial charge is 0.491 e. The Morgan fingerprint density at radius 3 is 1.49 bits per heavy atom. The smallest absolute Gasteiger partial charge is 0.119 e. The first-order valence-corrected chi connectivity index (χ1v) is 14.0. The average Bonchev–Trinajstić information content (AvgIpc) is 3.63. The summed E-state index contributed by atoms with van der Waals surface area (Å²) in [6.45, 7) is 6.67. The molecule has 2 saturated heterocycles. The summed E-state index contributed by atoms with van der Waals surface area (Å²) in [4.78, 5) is 0. The summed E-state index contributed by atoms with van der Waals surface area (Å²) in [5.74, 6) is 1.52. The molecular formula is C31H44O6. The van der Waals surface area contributed by atoms with E-state index in [0.29, 0.717) is 38.3 Å². The average molecular weight is 513 g/mol. The molecule has 2 N–H and O–H groups in total. The van der Waals surface area contributed by atoms with E-state index in [0.717, 1.165) is 63.2 Å². The van der Waals surface area contributed by atoms with Crippen LogP contribution in [0.3, 0.4) is 0 Å². The standard InChI is InChI=1S/C31H44O6/c1-31(2,23-7-13-29(14-8-23)36-21-25(32)11-17-27-5-3-19-34-27)24-9-15-30(16-10-24)37-22-26(33)12-18-28-6-4-20-35-28/h7-10,13-16,25-28,32-33H,3-6,11-12,17-22H2,1-2H3. The summed E-state index contributed by atoms with van der Waals surface area (Å²) in [7, 11) is 0. The SMILES string of the molecule is CC(C)(c1ccc(OCC(O)CCC2CCCO2)cc1)c1ccc(OCC(O)CCC2CCCO2)cc1. The highest BCUT2D eigenvalue weighted by molar-refractivity contribution is 5.41. The lowest BCUT2D eigenvalue weighted by atomic mass is 9.78. The molecule has 2 fully saturated rings. The Balaban J connectivity index is 1.21. The molecule has 204 valence electrons. The maximum absolute atomic E-state index is 10.3. The monoisotopic (exact) mass is 512 g/mol. The molecule has 4 rings (SSSR count). The van der Waals surface area contributed by atoms with Crippen LogP contribution < -0.4 is 9.47 Å². The molecule has 0 radical (unpaired) electrons. The van der Waals surface area contributed by atoms with Crippen molar-refractivity contribution in [2.45, 2.75) is 95.0 Å². The molecule has 0 aliphatic carbocycles. The van der Waals surface area contributed by atoms with E-state index in [2.05, 4.69) is 38.1 Å². The normalized spacial score (nSPS) is 21.6. The Labute approximate surface area is 221 Å². The topological polar surface area (TPSA) is 77.4 Å². The van der Waals surface area contributed by atoms with Crippen LogP contribution >= 0.6 is 0 Å². The molecule has 0 bridgehead atoms. The van der Waals surface area contributed by atoms with Gasteiger partial charge < -0.3 is 29.2 Å². The van der Waals surface area contributed by atoms with E-state index in [9.17, 15) is 10.2 Å². The maximum Gasteiger partial charge on any atom is 0.119 e. The summed E-state index contributed by atoms with van der Waals surface area (Å²) >= 11 is 0. The van der Waals surface area contributed by atoms with Gasteiger partial charge in [0, 0.05) is 18.6 Å². The van der Waals surface area contributed by atoms with Gasteiger partial charge in [-0.15, -0.1) is 0 Å². The number of aliphatic hydroxyl groups excluding tert-OH is 2. The Morgan fingerprint density at radius 2 is 1.14 bits per heavy atom. The second-order valence-electron chi connectivity index (χ2n) is 11.0. The fraction of sp³-hybridized carbons (Fsp3) is 0.613. The zero-order valence-corrected chi connectivity index (χ0v) is 22.4. The van der Waals surface area contributed by atoms with Gasteiger partial charge in [-0.1, -0.05) is 38.1 Å². The van der Waals surface area contributed by atoms with Gasteiger partial charge in [0.1, 0.15) is 24.7 Å². The van der Waals surface area contributed by atoms with Crippen molar-refractivity contribution >= 4 is 0 Å². The molecule has 6 nitrogen and oxygen atoms in total. The predicted octanol–water partition coefficient (Wildman–Crippen LogP) is 5.41. The van der Waals surface area contributed by atoms with Crippen LogP contribution in [-0.4, -0.2) is 61.1 Å². The number of hydrogen-bond acceptors (Lipinski definition) is 6. The lowest BCUT2D eigenvalue weighted by molar-refractivity contribution is 0.0622. The van der Waals surface area contributed by atoms with Gasteiger partial charge in [-0.2, -0.15) is 0 Å². The van der Waals surface area contributed by atoms with E-state index in [1.807, 2.05) is 24.3 Å². The van der Waals surface area contributed by atoms with Gasteiger partial charge in [-0.3, -0.25) is 0 Å². The molecule has 4 unspecified atom stereocenters. The van der Waals surface area contributed by atoms with E-state index in [1.165, 1.54) is 11.1 Å². The fourth-order valence-corrected chi connectivity index (χ4v) is 5.15. The summed E-state index contributed by atoms with van der Waals surface area (Å²) in [6, 6.07) is 16.2. The van der Waals surface area contributed by atoms with E-state index in [1.54, 1.807) is 0 Å². The minimum atomic E-state index is -0.483. The van der Waals surface area contributed by atoms with Crippen molar-refractivity contribution in [2.24, 2.45) is 0 Å². The van der Waals surface area contributed by atoms with Gasteiger partial charge in [0.15, 0.2) is 0 Å². The minimum absolute atomic E-state index is 0.196. The number of hydrogen-bond donors (Lipinski definition) is 2. The number of aliphatic hydroxyl groups is 2. The molecule has 37 heavy (non-hydrogen) atoms. The van der Waals surface area contributed by atoms with Crippen molar-refractivity contribution in [1.29, 1.82) is 0 Å². The van der Waals surface area contributed by atoms with Gasteiger partial charge in [-0.05, 0) is 86.8 Å². The second kappa shape index (κ2) is 13.6. The van der Waals surface area contributed by atoms with E-state index >= 15 is 0 Å². The Morgan fingerprint density at radius 1 is 0.730 bits per heavy atom. The molecular weight excluding hydrogens is 468 g/mol. The molecule has 2 aliphatic rings. The van der Waals surface area contributed by atoms with Crippen molar-refractivity contribution in [2.75, 3.05) is 26.4 Å². The molecule has 2 aliphatic heterocycles. The molecule has 4 atom stereocenters. The lowest BCUT2D eigenvalue weighted by Gasteiger charge is -2.26. The highest BCUT2D eigenvalue weighted by Gasteiger charge is 2.24. The van der Waals surface area contributed by atoms with Crippen molar-refractivity contribution < 1.29 is 29.2 Å². The van der Waals surface area contributed by atoms with Gasteiger partial charge >= 0.3 is 0 Å². The first-order chi connectivity index (χ1) is 17.9. The summed E-state index contributed by atoms with van der Waals surface area (Å²) in [5, 5.41) is 20.5. The van der Waals surface area contributed by atoms with Crippen LogP contribution in [0.5, 0.6) is 11.5 Å². The Bertz CT molecular complexity index is 838. The fourth-order valence-electron chi connectivity index (χ4n) is 5.15. The first-order valence-electron chi connectivity index (χ1n) is 14.0. The zero-order chi connectivity index (χ0) is 26.1. The van der Waals surface area contributed by atoms with Crippen LogP contribution in [-0.2, 0) is 14.9 Å². The highest BCUT2D eigenvalue weighted by atomic mass is 16.5. The van der Waals surface area contributed by atoms with E-state index in [4.69, 9.17) is 18.9 Å². The van der Waals surface area contributed by atoms with Gasteiger partial charge in [0.05, 0.1) is 24.4 Å². The number of rotatable bonds is 14. The lowest BCUT2D eigenvalue weighted by Crippen LogP contribution is -2.21. The molecule has 0 amide bonds. The first kappa shape index (κ1) is 27.9. The Kier molecular flexibility index (Phi) is 10.3. The van der Waals surface area contributed by atoms with Crippen LogP contribution in [0.15, 0.2) is 48.5 Å². The quantitative estimate of drug-likeness (QED) is 0.352. The summed E-state index contributed by atoms with van der Waals surface area (Å²) in [6.07, 6.45) is 7.24. The summed E-state index contributed by atoms with van der Waals surface area (Å²) < 4.78 is 22.9. The van der Waals surface area contributed by atoms with E-state index in [-0.39, 0.29) is 5.41 Å². The third kappa shape index (κ3) is 8.44. The molecule has 0 spiro atoms.